The van der Waals surface area contributed by atoms with Crippen LogP contribution in [0.4, 0.5) is 0 Å². The summed E-state index contributed by atoms with van der Waals surface area (Å²) in [5.41, 5.74) is 14.3. The molecule has 1 aromatic heterocycles. The van der Waals surface area contributed by atoms with Crippen molar-refractivity contribution in [2.24, 2.45) is 0 Å². The maximum absolute atomic E-state index is 6.65. The first kappa shape index (κ1) is 26.9. The molecule has 0 radical (unpaired) electrons. The van der Waals surface area contributed by atoms with Crippen LogP contribution in [0.3, 0.4) is 0 Å². The van der Waals surface area contributed by atoms with Gasteiger partial charge in [-0.1, -0.05) is 117 Å². The van der Waals surface area contributed by atoms with E-state index in [1.165, 1.54) is 60.7 Å². The van der Waals surface area contributed by atoms with Gasteiger partial charge in [-0.15, -0.1) is 0 Å². The fraction of sp³-hybridized carbons (Fsp3) is 0.0638. The molecule has 0 N–H and O–H groups in total. The zero-order valence-electron chi connectivity index (χ0n) is 27.2. The molecule has 1 aliphatic heterocycles. The second-order valence-corrected chi connectivity index (χ2v) is 14.1. The van der Waals surface area contributed by atoms with Crippen molar-refractivity contribution in [3.05, 3.63) is 157 Å². The predicted molar refractivity (Wildman–Crippen MR) is 203 cm³/mol. The number of rotatable bonds is 2. The fourth-order valence-electron chi connectivity index (χ4n) is 8.67. The van der Waals surface area contributed by atoms with Crippen LogP contribution in [0.2, 0.25) is 0 Å². The molecule has 0 bridgehead atoms. The third-order valence-corrected chi connectivity index (χ3v) is 11.1. The van der Waals surface area contributed by atoms with Gasteiger partial charge in [0.05, 0.1) is 0 Å². The lowest BCUT2D eigenvalue weighted by atomic mass is 9.81. The molecule has 2 heteroatoms. The van der Waals surface area contributed by atoms with Crippen LogP contribution in [-0.4, -0.2) is 0 Å². The van der Waals surface area contributed by atoms with E-state index in [-0.39, 0.29) is 5.41 Å². The Bertz CT molecular complexity index is 2880. The van der Waals surface area contributed by atoms with Crippen molar-refractivity contribution < 1.29 is 9.15 Å². The summed E-state index contributed by atoms with van der Waals surface area (Å²) in [6.45, 7) is 4.68. The normalized spacial score (nSPS) is 13.8. The van der Waals surface area contributed by atoms with E-state index in [0.717, 1.165) is 50.0 Å². The molecule has 0 atom stereocenters. The Hall–Kier alpha value is -6.12. The molecule has 0 amide bonds. The minimum Gasteiger partial charge on any atom is -0.456 e. The van der Waals surface area contributed by atoms with E-state index in [1.54, 1.807) is 0 Å². The first-order chi connectivity index (χ1) is 24.0. The van der Waals surface area contributed by atoms with E-state index in [2.05, 4.69) is 159 Å². The molecule has 230 valence electrons. The lowest BCUT2D eigenvalue weighted by molar-refractivity contribution is 0.487. The Morgan fingerprint density at radius 2 is 1.08 bits per heavy atom. The van der Waals surface area contributed by atoms with Crippen molar-refractivity contribution in [2.75, 3.05) is 0 Å². The van der Waals surface area contributed by atoms with E-state index in [4.69, 9.17) is 9.15 Å². The summed E-state index contributed by atoms with van der Waals surface area (Å²) in [4.78, 5) is 0. The monoisotopic (exact) mass is 626 g/mol. The summed E-state index contributed by atoms with van der Waals surface area (Å²) >= 11 is 0. The second-order valence-electron chi connectivity index (χ2n) is 14.1. The highest BCUT2D eigenvalue weighted by atomic mass is 16.5. The van der Waals surface area contributed by atoms with E-state index in [1.807, 2.05) is 0 Å². The molecule has 0 saturated carbocycles. The van der Waals surface area contributed by atoms with Gasteiger partial charge < -0.3 is 9.15 Å². The topological polar surface area (TPSA) is 22.4 Å². The summed E-state index contributed by atoms with van der Waals surface area (Å²) in [6, 6.07) is 52.7. The zero-order valence-corrected chi connectivity index (χ0v) is 27.2. The van der Waals surface area contributed by atoms with Crippen molar-refractivity contribution in [1.29, 1.82) is 0 Å². The molecule has 49 heavy (non-hydrogen) atoms. The van der Waals surface area contributed by atoms with Gasteiger partial charge in [-0.2, -0.15) is 0 Å². The molecule has 0 fully saturated rings. The zero-order chi connectivity index (χ0) is 32.4. The summed E-state index contributed by atoms with van der Waals surface area (Å²) < 4.78 is 13.1. The molecule has 2 heterocycles. The Labute approximate surface area is 283 Å². The maximum Gasteiger partial charge on any atom is 0.136 e. The molecule has 0 unspecified atom stereocenters. The van der Waals surface area contributed by atoms with Crippen molar-refractivity contribution >= 4 is 43.5 Å². The quantitative estimate of drug-likeness (QED) is 0.190. The van der Waals surface area contributed by atoms with Crippen LogP contribution in [0.25, 0.3) is 88.0 Å². The third kappa shape index (κ3) is 3.66. The molecular formula is C47H30O2. The number of hydrogen-bond donors (Lipinski definition) is 0. The van der Waals surface area contributed by atoms with Gasteiger partial charge in [-0.3, -0.25) is 0 Å². The summed E-state index contributed by atoms with van der Waals surface area (Å²) in [5.74, 6) is 1.78. The molecule has 9 aromatic rings. The van der Waals surface area contributed by atoms with Gasteiger partial charge in [0.15, 0.2) is 0 Å². The van der Waals surface area contributed by atoms with Gasteiger partial charge in [-0.05, 0) is 109 Å². The van der Waals surface area contributed by atoms with Crippen molar-refractivity contribution in [2.45, 2.75) is 19.3 Å². The first-order valence-electron chi connectivity index (χ1n) is 17.0. The minimum absolute atomic E-state index is 0.0452. The molecule has 0 spiro atoms. The standard InChI is InChI=1S/C47H30O2/c1-47(2)39-15-6-5-11-32(39)33-19-17-30(25-40(33)47)29-18-21-41-37(23-29)36-13-7-12-34-31(20-22-43(48-41)45(34)36)35-14-8-16-42-46(35)38-24-27-9-3-4-10-28(27)26-44(38)49-42/h3-26H,1-2H3. The SMILES string of the molecule is CC1(C)c2ccccc2-c2ccc(-c3ccc4c(c3)-c3cccc5c(-c6cccc7oc8cc9ccccc9cc8c67)ccc(c35)O4)cc21. The van der Waals surface area contributed by atoms with Crippen LogP contribution >= 0.6 is 0 Å². The number of furan rings is 1. The summed E-state index contributed by atoms with van der Waals surface area (Å²) in [6.07, 6.45) is 0. The Morgan fingerprint density at radius 1 is 0.408 bits per heavy atom. The van der Waals surface area contributed by atoms with E-state index >= 15 is 0 Å². The van der Waals surface area contributed by atoms with Gasteiger partial charge >= 0.3 is 0 Å². The number of hydrogen-bond acceptors (Lipinski definition) is 2. The Kier molecular flexibility index (Phi) is 5.21. The van der Waals surface area contributed by atoms with Crippen LogP contribution in [-0.2, 0) is 5.41 Å². The van der Waals surface area contributed by atoms with Crippen molar-refractivity contribution in [3.63, 3.8) is 0 Å². The molecule has 0 saturated heterocycles. The van der Waals surface area contributed by atoms with Crippen molar-refractivity contribution in [1.82, 2.24) is 0 Å². The van der Waals surface area contributed by atoms with Gasteiger partial charge in [0.1, 0.15) is 22.7 Å². The lowest BCUT2D eigenvalue weighted by Gasteiger charge is -2.24. The Morgan fingerprint density at radius 3 is 1.98 bits per heavy atom. The molecular weight excluding hydrogens is 597 g/mol. The highest BCUT2D eigenvalue weighted by molar-refractivity contribution is 6.19. The minimum atomic E-state index is -0.0452. The van der Waals surface area contributed by atoms with Gasteiger partial charge in [-0.25, -0.2) is 0 Å². The fourth-order valence-corrected chi connectivity index (χ4v) is 8.67. The smallest absolute Gasteiger partial charge is 0.136 e. The predicted octanol–water partition coefficient (Wildman–Crippen LogP) is 13.3. The molecule has 11 rings (SSSR count). The average Bonchev–Trinajstić information content (AvgIpc) is 3.62. The van der Waals surface area contributed by atoms with Crippen LogP contribution in [0, 0.1) is 0 Å². The molecule has 8 aromatic carbocycles. The van der Waals surface area contributed by atoms with Gasteiger partial charge in [0.25, 0.3) is 0 Å². The first-order valence-corrected chi connectivity index (χ1v) is 17.0. The van der Waals surface area contributed by atoms with Crippen LogP contribution in [0.15, 0.2) is 150 Å². The maximum atomic E-state index is 6.65. The second kappa shape index (κ2) is 9.49. The third-order valence-electron chi connectivity index (χ3n) is 11.1. The number of benzene rings is 8. The lowest BCUT2D eigenvalue weighted by Crippen LogP contribution is -2.14. The average molecular weight is 627 g/mol. The largest absolute Gasteiger partial charge is 0.456 e. The Balaban J connectivity index is 1.08. The number of fused-ring (bicyclic) bond motifs is 9. The molecule has 1 aliphatic carbocycles. The van der Waals surface area contributed by atoms with Gasteiger partial charge in [0, 0.05) is 27.1 Å². The van der Waals surface area contributed by atoms with E-state index < -0.39 is 0 Å². The van der Waals surface area contributed by atoms with E-state index in [9.17, 15) is 0 Å². The van der Waals surface area contributed by atoms with Crippen LogP contribution in [0.5, 0.6) is 11.5 Å². The van der Waals surface area contributed by atoms with Crippen LogP contribution in [0.1, 0.15) is 25.0 Å². The number of ether oxygens (including phenoxy) is 1. The summed E-state index contributed by atoms with van der Waals surface area (Å²) in [5, 5.41) is 6.99. The highest BCUT2D eigenvalue weighted by Crippen LogP contribution is 2.52. The van der Waals surface area contributed by atoms with Crippen molar-refractivity contribution in [3.8, 4) is 56.0 Å². The summed E-state index contributed by atoms with van der Waals surface area (Å²) in [7, 11) is 0. The molecule has 2 nitrogen and oxygen atoms in total. The van der Waals surface area contributed by atoms with Crippen LogP contribution < -0.4 is 4.74 Å². The molecule has 2 aliphatic rings. The van der Waals surface area contributed by atoms with Gasteiger partial charge in [0.2, 0.25) is 0 Å². The van der Waals surface area contributed by atoms with E-state index in [0.29, 0.717) is 0 Å². The highest BCUT2D eigenvalue weighted by Gasteiger charge is 2.35.